The molecule has 15 heteroatoms. The molecule has 3 N–H and O–H groups in total. The van der Waals surface area contributed by atoms with Gasteiger partial charge in [-0.05, 0) is 87.3 Å². The molecule has 1 amide bonds. The lowest BCUT2D eigenvalue weighted by Gasteiger charge is -2.34. The van der Waals surface area contributed by atoms with E-state index in [4.69, 9.17) is 13.8 Å². The third-order valence-corrected chi connectivity index (χ3v) is 10.8. The van der Waals surface area contributed by atoms with E-state index in [0.29, 0.717) is 48.1 Å². The number of ether oxygens (including phenoxy) is 1. The number of anilines is 4. The molecule has 2 heterocycles. The Morgan fingerprint density at radius 3 is 2.38 bits per heavy atom. The third-order valence-electron chi connectivity index (χ3n) is 8.70. The minimum Gasteiger partial charge on any atom is -0.495 e. The van der Waals surface area contributed by atoms with E-state index in [9.17, 15) is 27.6 Å². The number of carbonyl (C=O) groups excluding carboxylic acids is 1. The number of aliphatic hydroxyl groups is 1. The molecular formula is C33H41F3N5O6P. The summed E-state index contributed by atoms with van der Waals surface area (Å²) in [5, 5.41) is 16.2. The zero-order chi connectivity index (χ0) is 34.9. The van der Waals surface area contributed by atoms with E-state index in [1.54, 1.807) is 45.2 Å². The Morgan fingerprint density at radius 1 is 1.08 bits per heavy atom. The highest BCUT2D eigenvalue weighted by atomic mass is 31.2. The summed E-state index contributed by atoms with van der Waals surface area (Å²) in [4.78, 5) is 23.0. The molecule has 0 spiro atoms. The van der Waals surface area contributed by atoms with Crippen molar-refractivity contribution in [1.29, 1.82) is 0 Å². The predicted molar refractivity (Wildman–Crippen MR) is 175 cm³/mol. The van der Waals surface area contributed by atoms with Crippen LogP contribution in [-0.2, 0) is 32.5 Å². The summed E-state index contributed by atoms with van der Waals surface area (Å²) in [7, 11) is -0.325. The number of alkyl halides is 3. The van der Waals surface area contributed by atoms with Crippen LogP contribution in [0.15, 0.2) is 36.5 Å². The van der Waals surface area contributed by atoms with Gasteiger partial charge in [-0.3, -0.25) is 9.36 Å². The van der Waals surface area contributed by atoms with Crippen molar-refractivity contribution < 1.29 is 41.4 Å². The standard InChI is InChI=1S/C33H41F3N5O6P/c1-6-46-48(44,47-7-2)19-20-8-10-25(27(16-20)45-5)39-31-37-17-24(33(34,35)36)29(40-31)38-26-11-9-22(21-12-14-32(3,43)15-13-21)23-18-41(4)30(42)28(23)26/h8-11,16-17,21,43H,6-7,12-15,18-19H2,1-5H3,(H2,37,38,39,40)/t21-,32+. The first-order valence-electron chi connectivity index (χ1n) is 15.8. The van der Waals surface area contributed by atoms with Crippen LogP contribution in [0.3, 0.4) is 0 Å². The minimum absolute atomic E-state index is 0.00521. The van der Waals surface area contributed by atoms with E-state index >= 15 is 0 Å². The van der Waals surface area contributed by atoms with Crippen molar-refractivity contribution in [3.05, 3.63) is 64.3 Å². The molecule has 1 saturated carbocycles. The number of amides is 1. The fourth-order valence-electron chi connectivity index (χ4n) is 6.29. The van der Waals surface area contributed by atoms with Crippen LogP contribution in [0.5, 0.6) is 5.75 Å². The Morgan fingerprint density at radius 2 is 1.75 bits per heavy atom. The minimum atomic E-state index is -4.79. The number of carbonyl (C=O) groups is 1. The molecule has 11 nitrogen and oxygen atoms in total. The lowest BCUT2D eigenvalue weighted by atomic mass is 9.75. The van der Waals surface area contributed by atoms with Gasteiger partial charge in [0.1, 0.15) is 17.1 Å². The van der Waals surface area contributed by atoms with Crippen molar-refractivity contribution >= 4 is 36.6 Å². The van der Waals surface area contributed by atoms with Crippen molar-refractivity contribution in [2.75, 3.05) is 38.0 Å². The second-order valence-corrected chi connectivity index (χ2v) is 14.4. The summed E-state index contributed by atoms with van der Waals surface area (Å²) in [5.41, 5.74) is 1.36. The van der Waals surface area contributed by atoms with Crippen molar-refractivity contribution in [3.63, 3.8) is 0 Å². The van der Waals surface area contributed by atoms with Crippen LogP contribution in [0.1, 0.15) is 85.0 Å². The van der Waals surface area contributed by atoms with Gasteiger partial charge in [0, 0.05) is 19.8 Å². The molecule has 2 aromatic carbocycles. The number of methoxy groups -OCH3 is 1. The lowest BCUT2D eigenvalue weighted by Crippen LogP contribution is -2.29. The number of benzene rings is 2. The summed E-state index contributed by atoms with van der Waals surface area (Å²) < 4.78 is 71.9. The van der Waals surface area contributed by atoms with Gasteiger partial charge >= 0.3 is 13.8 Å². The summed E-state index contributed by atoms with van der Waals surface area (Å²) in [6.45, 7) is 5.99. The second-order valence-electron chi connectivity index (χ2n) is 12.3. The molecule has 48 heavy (non-hydrogen) atoms. The van der Waals surface area contributed by atoms with E-state index in [1.807, 2.05) is 13.0 Å². The molecule has 1 aliphatic carbocycles. The van der Waals surface area contributed by atoms with Gasteiger partial charge in [-0.1, -0.05) is 12.1 Å². The van der Waals surface area contributed by atoms with Crippen molar-refractivity contribution in [1.82, 2.24) is 14.9 Å². The van der Waals surface area contributed by atoms with Gasteiger partial charge < -0.3 is 34.4 Å². The summed E-state index contributed by atoms with van der Waals surface area (Å²) in [6.07, 6.45) is -1.39. The molecule has 5 rings (SSSR count). The SMILES string of the molecule is CCOP(=O)(Cc1ccc(Nc2ncc(C(F)(F)F)c(Nc3ccc([C@H]4CC[C@@](C)(O)CC4)c4c3C(=O)N(C)C4)n2)c(OC)c1)OCC. The first-order valence-corrected chi connectivity index (χ1v) is 17.6. The Bertz CT molecular complexity index is 1700. The highest BCUT2D eigenvalue weighted by Crippen LogP contribution is 2.52. The average Bonchev–Trinajstić information content (AvgIpc) is 3.32. The number of rotatable bonds is 12. The smallest absolute Gasteiger partial charge is 0.421 e. The van der Waals surface area contributed by atoms with Crippen LogP contribution < -0.4 is 15.4 Å². The van der Waals surface area contributed by atoms with Crippen molar-refractivity contribution in [2.24, 2.45) is 0 Å². The molecule has 1 aromatic heterocycles. The van der Waals surface area contributed by atoms with Crippen LogP contribution in [0, 0.1) is 0 Å². The van der Waals surface area contributed by atoms with Crippen LogP contribution in [-0.4, -0.2) is 58.9 Å². The van der Waals surface area contributed by atoms with Crippen LogP contribution in [0.2, 0.25) is 0 Å². The van der Waals surface area contributed by atoms with Gasteiger partial charge in [-0.15, -0.1) is 0 Å². The Hall–Kier alpha value is -3.71. The van der Waals surface area contributed by atoms with E-state index in [0.717, 1.165) is 24.0 Å². The maximum absolute atomic E-state index is 14.2. The maximum atomic E-state index is 14.2. The summed E-state index contributed by atoms with van der Waals surface area (Å²) >= 11 is 0. The Balaban J connectivity index is 1.46. The topological polar surface area (TPSA) is 135 Å². The quantitative estimate of drug-likeness (QED) is 0.162. The number of halogens is 3. The molecule has 2 aliphatic rings. The molecule has 260 valence electrons. The van der Waals surface area contributed by atoms with Gasteiger partial charge in [0.15, 0.2) is 0 Å². The van der Waals surface area contributed by atoms with Gasteiger partial charge in [0.05, 0.1) is 49.0 Å². The molecule has 0 saturated heterocycles. The Labute approximate surface area is 277 Å². The van der Waals surface area contributed by atoms with E-state index < -0.39 is 30.8 Å². The van der Waals surface area contributed by atoms with Gasteiger partial charge in [-0.2, -0.15) is 18.2 Å². The first-order chi connectivity index (χ1) is 22.7. The molecule has 1 aliphatic heterocycles. The largest absolute Gasteiger partial charge is 0.495 e. The van der Waals surface area contributed by atoms with Crippen LogP contribution in [0.25, 0.3) is 0 Å². The van der Waals surface area contributed by atoms with Gasteiger partial charge in [0.2, 0.25) is 5.95 Å². The predicted octanol–water partition coefficient (Wildman–Crippen LogP) is 7.75. The Kier molecular flexibility index (Phi) is 10.4. The fourth-order valence-corrected chi connectivity index (χ4v) is 7.98. The molecule has 0 bridgehead atoms. The van der Waals surface area contributed by atoms with Gasteiger partial charge in [-0.25, -0.2) is 4.98 Å². The first kappa shape index (κ1) is 35.6. The maximum Gasteiger partial charge on any atom is 0.421 e. The molecule has 0 radical (unpaired) electrons. The summed E-state index contributed by atoms with van der Waals surface area (Å²) in [5.74, 6) is -0.565. The fraction of sp³-hybridized carbons (Fsp3) is 0.485. The molecule has 0 unspecified atom stereocenters. The number of aromatic nitrogens is 2. The number of nitrogens with one attached hydrogen (secondary N) is 2. The zero-order valence-corrected chi connectivity index (χ0v) is 28.5. The second kappa shape index (κ2) is 14.0. The van der Waals surface area contributed by atoms with Gasteiger partial charge in [0.25, 0.3) is 5.91 Å². The molecule has 1 fully saturated rings. The number of hydrogen-bond donors (Lipinski definition) is 3. The average molecular weight is 692 g/mol. The number of nitrogens with zero attached hydrogens (tertiary/aromatic N) is 3. The molecule has 0 atom stereocenters. The van der Waals surface area contributed by atoms with Crippen molar-refractivity contribution in [3.8, 4) is 5.75 Å². The third kappa shape index (κ3) is 7.78. The van der Waals surface area contributed by atoms with Crippen LogP contribution >= 0.6 is 7.60 Å². The van der Waals surface area contributed by atoms with E-state index in [2.05, 4.69) is 20.6 Å². The highest BCUT2D eigenvalue weighted by Gasteiger charge is 2.38. The van der Waals surface area contributed by atoms with E-state index in [1.165, 1.54) is 12.0 Å². The monoisotopic (exact) mass is 691 g/mol. The summed E-state index contributed by atoms with van der Waals surface area (Å²) in [6, 6.07) is 8.37. The normalized spacial score (nSPS) is 19.7. The van der Waals surface area contributed by atoms with Crippen molar-refractivity contribution in [2.45, 2.75) is 76.9 Å². The molecular weight excluding hydrogens is 650 g/mol. The van der Waals surface area contributed by atoms with E-state index in [-0.39, 0.29) is 42.8 Å². The lowest BCUT2D eigenvalue weighted by molar-refractivity contribution is -0.137. The number of hydrogen-bond acceptors (Lipinski definition) is 10. The zero-order valence-electron chi connectivity index (χ0n) is 27.6. The van der Waals surface area contributed by atoms with Crippen LogP contribution in [0.4, 0.5) is 36.3 Å². The highest BCUT2D eigenvalue weighted by molar-refractivity contribution is 7.53. The number of fused-ring (bicyclic) bond motifs is 1. The molecule has 3 aromatic rings.